The minimum Gasteiger partial charge on any atom is -0.380 e. The molecule has 0 bridgehead atoms. The van der Waals surface area contributed by atoms with Gasteiger partial charge in [0.05, 0.1) is 6.10 Å². The zero-order chi connectivity index (χ0) is 12.8. The molecule has 1 rings (SSSR count). The Morgan fingerprint density at radius 1 is 1.41 bits per heavy atom. The summed E-state index contributed by atoms with van der Waals surface area (Å²) in [7, 11) is 3.67. The second kappa shape index (κ2) is 6.72. The Morgan fingerprint density at radius 2 is 2.12 bits per heavy atom. The molecule has 2 nitrogen and oxygen atoms in total. The van der Waals surface area contributed by atoms with Crippen LogP contribution in [0.2, 0.25) is 0 Å². The van der Waals surface area contributed by atoms with Crippen LogP contribution in [0.4, 0.5) is 4.39 Å². The van der Waals surface area contributed by atoms with Crippen molar-refractivity contribution in [3.05, 3.63) is 35.1 Å². The van der Waals surface area contributed by atoms with Crippen molar-refractivity contribution in [2.24, 2.45) is 0 Å². The number of methoxy groups -OCH3 is 1. The molecule has 0 aliphatic heterocycles. The quantitative estimate of drug-likeness (QED) is 0.824. The fourth-order valence-corrected chi connectivity index (χ4v) is 2.16. The number of hydrogen-bond donors (Lipinski definition) is 1. The van der Waals surface area contributed by atoms with Gasteiger partial charge in [0, 0.05) is 13.2 Å². The second-order valence-corrected chi connectivity index (χ2v) is 4.35. The zero-order valence-corrected chi connectivity index (χ0v) is 11.1. The van der Waals surface area contributed by atoms with Gasteiger partial charge in [-0.2, -0.15) is 0 Å². The number of nitrogens with one attached hydrogen (secondary N) is 1. The number of rotatable bonds is 6. The highest BCUT2D eigenvalue weighted by atomic mass is 19.1. The molecule has 1 N–H and O–H groups in total. The summed E-state index contributed by atoms with van der Waals surface area (Å²) in [5, 5.41) is 3.28. The fraction of sp³-hybridized carbons (Fsp3) is 0.571. The summed E-state index contributed by atoms with van der Waals surface area (Å²) >= 11 is 0. The van der Waals surface area contributed by atoms with Crippen molar-refractivity contribution >= 4 is 0 Å². The molecule has 0 saturated heterocycles. The first-order valence-electron chi connectivity index (χ1n) is 6.07. The number of likely N-dealkylation sites (N-methyl/N-ethyl adjacent to an activating group) is 1. The van der Waals surface area contributed by atoms with Crippen molar-refractivity contribution in [2.75, 3.05) is 14.2 Å². The highest BCUT2D eigenvalue weighted by molar-refractivity contribution is 5.27. The molecule has 0 spiro atoms. The molecular weight excluding hydrogens is 217 g/mol. The van der Waals surface area contributed by atoms with Crippen LogP contribution in [0.3, 0.4) is 0 Å². The summed E-state index contributed by atoms with van der Waals surface area (Å²) in [6, 6.07) is 5.21. The maximum atomic E-state index is 13.0. The molecule has 1 aromatic rings. The van der Waals surface area contributed by atoms with Crippen molar-refractivity contribution in [1.29, 1.82) is 0 Å². The van der Waals surface area contributed by atoms with Gasteiger partial charge in [-0.15, -0.1) is 0 Å². The van der Waals surface area contributed by atoms with Crippen LogP contribution < -0.4 is 5.32 Å². The Kier molecular flexibility index (Phi) is 5.59. The highest BCUT2D eigenvalue weighted by Crippen LogP contribution is 2.15. The van der Waals surface area contributed by atoms with Gasteiger partial charge in [-0.1, -0.05) is 13.0 Å². The molecule has 17 heavy (non-hydrogen) atoms. The largest absolute Gasteiger partial charge is 0.380 e. The smallest absolute Gasteiger partial charge is 0.123 e. The van der Waals surface area contributed by atoms with Crippen LogP contribution in [-0.2, 0) is 11.2 Å². The molecule has 2 atom stereocenters. The molecule has 0 radical (unpaired) electrons. The van der Waals surface area contributed by atoms with Gasteiger partial charge in [0.15, 0.2) is 0 Å². The van der Waals surface area contributed by atoms with Gasteiger partial charge in [0.25, 0.3) is 0 Å². The molecule has 0 fully saturated rings. The summed E-state index contributed by atoms with van der Waals surface area (Å²) in [4.78, 5) is 0. The number of hydrogen-bond acceptors (Lipinski definition) is 2. The maximum Gasteiger partial charge on any atom is 0.123 e. The van der Waals surface area contributed by atoms with E-state index in [1.165, 1.54) is 11.6 Å². The summed E-state index contributed by atoms with van der Waals surface area (Å²) in [6.45, 7) is 4.05. The molecule has 0 amide bonds. The lowest BCUT2D eigenvalue weighted by Crippen LogP contribution is -2.40. The third kappa shape index (κ3) is 3.79. The Morgan fingerprint density at radius 3 is 2.59 bits per heavy atom. The fourth-order valence-electron chi connectivity index (χ4n) is 2.16. The van der Waals surface area contributed by atoms with Gasteiger partial charge < -0.3 is 10.1 Å². The van der Waals surface area contributed by atoms with Gasteiger partial charge >= 0.3 is 0 Å². The van der Waals surface area contributed by atoms with Crippen molar-refractivity contribution < 1.29 is 9.13 Å². The van der Waals surface area contributed by atoms with E-state index in [0.717, 1.165) is 18.4 Å². The molecule has 2 unspecified atom stereocenters. The molecule has 0 saturated carbocycles. The van der Waals surface area contributed by atoms with Crippen LogP contribution in [0.5, 0.6) is 0 Å². The van der Waals surface area contributed by atoms with Crippen LogP contribution >= 0.6 is 0 Å². The molecular formula is C14H22FNO. The lowest BCUT2D eigenvalue weighted by Gasteiger charge is -2.25. The zero-order valence-electron chi connectivity index (χ0n) is 11.1. The minimum atomic E-state index is -0.175. The Balaban J connectivity index is 2.80. The van der Waals surface area contributed by atoms with Crippen molar-refractivity contribution in [3.8, 4) is 0 Å². The van der Waals surface area contributed by atoms with E-state index >= 15 is 0 Å². The van der Waals surface area contributed by atoms with Crippen molar-refractivity contribution in [1.82, 2.24) is 5.32 Å². The van der Waals surface area contributed by atoms with E-state index in [1.54, 1.807) is 13.2 Å². The van der Waals surface area contributed by atoms with Crippen molar-refractivity contribution in [3.63, 3.8) is 0 Å². The third-order valence-electron chi connectivity index (χ3n) is 3.27. The first kappa shape index (κ1) is 14.1. The third-order valence-corrected chi connectivity index (χ3v) is 3.27. The molecule has 3 heteroatoms. The topological polar surface area (TPSA) is 21.3 Å². The van der Waals surface area contributed by atoms with Gasteiger partial charge in [0.1, 0.15) is 5.82 Å². The molecule has 0 aliphatic rings. The second-order valence-electron chi connectivity index (χ2n) is 4.35. The van der Waals surface area contributed by atoms with Gasteiger partial charge in [0.2, 0.25) is 0 Å². The van der Waals surface area contributed by atoms with Crippen LogP contribution in [0.15, 0.2) is 18.2 Å². The summed E-state index contributed by atoms with van der Waals surface area (Å²) in [6.07, 6.45) is 2.00. The average Bonchev–Trinajstić information content (AvgIpc) is 2.32. The standard InChI is InChI=1S/C14H22FNO/c1-5-14(17-4)13(16-3)9-11-6-7-12(15)8-10(11)2/h6-8,13-14,16H,5,9H2,1-4H3. The summed E-state index contributed by atoms with van der Waals surface area (Å²) in [5.41, 5.74) is 2.16. The molecule has 96 valence electrons. The van der Waals surface area contributed by atoms with E-state index in [4.69, 9.17) is 4.74 Å². The first-order chi connectivity index (χ1) is 8.12. The molecule has 1 aromatic carbocycles. The number of benzene rings is 1. The Labute approximate surface area is 103 Å². The molecule has 0 aliphatic carbocycles. The SMILES string of the molecule is CCC(OC)C(Cc1ccc(F)cc1C)NC. The van der Waals surface area contributed by atoms with Crippen LogP contribution in [0.25, 0.3) is 0 Å². The monoisotopic (exact) mass is 239 g/mol. The molecule has 0 heterocycles. The van der Waals surface area contributed by atoms with Crippen molar-refractivity contribution in [2.45, 2.75) is 38.8 Å². The first-order valence-corrected chi connectivity index (χ1v) is 6.07. The predicted molar refractivity (Wildman–Crippen MR) is 68.8 cm³/mol. The lowest BCUT2D eigenvalue weighted by atomic mass is 9.96. The maximum absolute atomic E-state index is 13.0. The number of aryl methyl sites for hydroxylation is 1. The van der Waals surface area contributed by atoms with Crippen LogP contribution in [0, 0.1) is 12.7 Å². The van der Waals surface area contributed by atoms with E-state index in [9.17, 15) is 4.39 Å². The van der Waals surface area contributed by atoms with E-state index in [-0.39, 0.29) is 18.0 Å². The Hall–Kier alpha value is -0.930. The summed E-state index contributed by atoms with van der Waals surface area (Å²) < 4.78 is 18.5. The Bertz CT molecular complexity index is 350. The lowest BCUT2D eigenvalue weighted by molar-refractivity contribution is 0.0677. The van der Waals surface area contributed by atoms with E-state index in [2.05, 4.69) is 12.2 Å². The van der Waals surface area contributed by atoms with E-state index in [0.29, 0.717) is 0 Å². The minimum absolute atomic E-state index is 0.175. The number of ether oxygens (including phenoxy) is 1. The summed E-state index contributed by atoms with van der Waals surface area (Å²) in [5.74, 6) is -0.175. The molecule has 0 aromatic heterocycles. The highest BCUT2D eigenvalue weighted by Gasteiger charge is 2.18. The van der Waals surface area contributed by atoms with Crippen LogP contribution in [-0.4, -0.2) is 26.3 Å². The predicted octanol–water partition coefficient (Wildman–Crippen LogP) is 2.69. The van der Waals surface area contributed by atoms with Gasteiger partial charge in [-0.3, -0.25) is 0 Å². The normalized spacial score (nSPS) is 14.6. The van der Waals surface area contributed by atoms with Gasteiger partial charge in [-0.05, 0) is 50.1 Å². The van der Waals surface area contributed by atoms with Gasteiger partial charge in [-0.25, -0.2) is 4.39 Å². The van der Waals surface area contributed by atoms with Crippen LogP contribution in [0.1, 0.15) is 24.5 Å². The number of halogens is 1. The van der Waals surface area contributed by atoms with E-state index < -0.39 is 0 Å². The van der Waals surface area contributed by atoms with E-state index in [1.807, 2.05) is 20.0 Å². The average molecular weight is 239 g/mol.